The second kappa shape index (κ2) is 6.62. The Morgan fingerprint density at radius 2 is 1.50 bits per heavy atom. The molecule has 28 heavy (non-hydrogen) atoms. The van der Waals surface area contributed by atoms with Crippen LogP contribution in [0.3, 0.4) is 0 Å². The van der Waals surface area contributed by atoms with Gasteiger partial charge in [0.05, 0.1) is 11.4 Å². The average molecular weight is 374 g/mol. The first-order valence-corrected chi connectivity index (χ1v) is 9.80. The van der Waals surface area contributed by atoms with Crippen molar-refractivity contribution in [1.82, 2.24) is 9.13 Å². The zero-order valence-corrected chi connectivity index (χ0v) is 17.6. The summed E-state index contributed by atoms with van der Waals surface area (Å²) in [7, 11) is 1.81. The highest BCUT2D eigenvalue weighted by Gasteiger charge is 2.19. The van der Waals surface area contributed by atoms with E-state index in [-0.39, 0.29) is 5.69 Å². The van der Waals surface area contributed by atoms with Crippen LogP contribution in [-0.4, -0.2) is 9.13 Å². The fraction of sp³-hybridized carbons (Fsp3) is 0.333. The largest absolute Gasteiger partial charge is 0.329 e. The molecule has 0 radical (unpaired) electrons. The van der Waals surface area contributed by atoms with Gasteiger partial charge in [0.15, 0.2) is 0 Å². The predicted molar refractivity (Wildman–Crippen MR) is 114 cm³/mol. The van der Waals surface area contributed by atoms with Crippen LogP contribution in [0.5, 0.6) is 0 Å². The molecule has 144 valence electrons. The zero-order chi connectivity index (χ0) is 20.2. The van der Waals surface area contributed by atoms with Crippen molar-refractivity contribution in [1.29, 1.82) is 0 Å². The SMILES string of the molecule is Cc1cc(C)c(/N=c2\cc3n(c(=O)n2C)CCc2cc(C)c(C)cc2-3)c(C)c1. The maximum Gasteiger partial charge on any atom is 0.329 e. The minimum absolute atomic E-state index is 0.0115. The van der Waals surface area contributed by atoms with Gasteiger partial charge in [0.25, 0.3) is 0 Å². The van der Waals surface area contributed by atoms with Gasteiger partial charge in [-0.3, -0.25) is 9.13 Å². The highest BCUT2D eigenvalue weighted by atomic mass is 16.1. The van der Waals surface area contributed by atoms with Gasteiger partial charge in [-0.25, -0.2) is 9.79 Å². The molecule has 4 rings (SSSR count). The molecule has 3 aromatic rings. The molecule has 0 amide bonds. The summed E-state index contributed by atoms with van der Waals surface area (Å²) in [5.41, 5.74) is 11.1. The molecule has 2 heterocycles. The van der Waals surface area contributed by atoms with Crippen molar-refractivity contribution in [2.24, 2.45) is 12.0 Å². The Morgan fingerprint density at radius 3 is 2.18 bits per heavy atom. The van der Waals surface area contributed by atoms with Crippen LogP contribution in [-0.2, 0) is 20.0 Å². The molecule has 0 atom stereocenters. The monoisotopic (exact) mass is 373 g/mol. The Morgan fingerprint density at radius 1 is 0.857 bits per heavy atom. The van der Waals surface area contributed by atoms with Crippen LogP contribution < -0.4 is 11.2 Å². The number of benzene rings is 2. The van der Waals surface area contributed by atoms with Crippen molar-refractivity contribution in [3.63, 3.8) is 0 Å². The fourth-order valence-corrected chi connectivity index (χ4v) is 4.24. The summed E-state index contributed by atoms with van der Waals surface area (Å²) in [4.78, 5) is 18.0. The van der Waals surface area contributed by atoms with Gasteiger partial charge in [0.2, 0.25) is 0 Å². The van der Waals surface area contributed by atoms with E-state index < -0.39 is 0 Å². The van der Waals surface area contributed by atoms with Crippen molar-refractivity contribution in [2.75, 3.05) is 0 Å². The Kier molecular flexibility index (Phi) is 4.37. The number of aromatic nitrogens is 2. The molecule has 0 spiro atoms. The highest BCUT2D eigenvalue weighted by molar-refractivity contribution is 5.67. The van der Waals surface area contributed by atoms with Gasteiger partial charge in [-0.15, -0.1) is 0 Å². The van der Waals surface area contributed by atoms with Crippen molar-refractivity contribution in [2.45, 2.75) is 47.6 Å². The Balaban J connectivity index is 2.02. The normalized spacial score (nSPS) is 13.4. The van der Waals surface area contributed by atoms with Gasteiger partial charge < -0.3 is 0 Å². The van der Waals surface area contributed by atoms with Gasteiger partial charge in [0.1, 0.15) is 5.49 Å². The summed E-state index contributed by atoms with van der Waals surface area (Å²) >= 11 is 0. The number of rotatable bonds is 1. The van der Waals surface area contributed by atoms with Gasteiger partial charge in [-0.05, 0) is 74.9 Å². The Bertz CT molecular complexity index is 1220. The van der Waals surface area contributed by atoms with Gasteiger partial charge in [0, 0.05) is 25.2 Å². The third-order valence-corrected chi connectivity index (χ3v) is 5.88. The fourth-order valence-electron chi connectivity index (χ4n) is 4.24. The quantitative estimate of drug-likeness (QED) is 0.630. The van der Waals surface area contributed by atoms with Crippen molar-refractivity contribution < 1.29 is 0 Å². The molecule has 1 aliphatic rings. The topological polar surface area (TPSA) is 39.3 Å². The molecule has 0 saturated carbocycles. The second-order valence-electron chi connectivity index (χ2n) is 8.08. The minimum atomic E-state index is -0.0115. The van der Waals surface area contributed by atoms with Gasteiger partial charge >= 0.3 is 5.69 Å². The Labute approximate surface area is 165 Å². The van der Waals surface area contributed by atoms with Crippen LogP contribution in [0, 0.1) is 34.6 Å². The molecular formula is C24H27N3O. The summed E-state index contributed by atoms with van der Waals surface area (Å²) in [6, 6.07) is 10.8. The number of fused-ring (bicyclic) bond motifs is 3. The van der Waals surface area contributed by atoms with Crippen LogP contribution >= 0.6 is 0 Å². The van der Waals surface area contributed by atoms with E-state index in [1.165, 1.54) is 22.3 Å². The Hall–Kier alpha value is -2.88. The average Bonchev–Trinajstić information content (AvgIpc) is 2.63. The smallest absolute Gasteiger partial charge is 0.293 e. The number of nitrogens with zero attached hydrogens (tertiary/aromatic N) is 3. The molecule has 0 unspecified atom stereocenters. The summed E-state index contributed by atoms with van der Waals surface area (Å²) in [5.74, 6) is 0. The lowest BCUT2D eigenvalue weighted by molar-refractivity contribution is 0.589. The molecule has 0 aliphatic carbocycles. The molecule has 1 aliphatic heterocycles. The van der Waals surface area contributed by atoms with E-state index in [1.54, 1.807) is 4.57 Å². The van der Waals surface area contributed by atoms with E-state index >= 15 is 0 Å². The maximum absolute atomic E-state index is 13.1. The number of aryl methyl sites for hydroxylation is 6. The summed E-state index contributed by atoms with van der Waals surface area (Å²) in [6.45, 7) is 11.2. The van der Waals surface area contributed by atoms with Crippen LogP contribution in [0.25, 0.3) is 11.3 Å². The third-order valence-electron chi connectivity index (χ3n) is 5.88. The van der Waals surface area contributed by atoms with Crippen molar-refractivity contribution in [3.8, 4) is 11.3 Å². The van der Waals surface area contributed by atoms with Gasteiger partial charge in [-0.2, -0.15) is 0 Å². The standard InChI is InChI=1S/C24H27N3O/c1-14-9-17(4)23(18(5)10-14)25-22-13-21-20-12-16(3)15(2)11-19(20)7-8-27(21)24(28)26(22)6/h9-13H,7-8H2,1-6H3/b25-22+. The van der Waals surface area contributed by atoms with E-state index in [0.29, 0.717) is 12.0 Å². The van der Waals surface area contributed by atoms with Crippen LogP contribution in [0.4, 0.5) is 5.69 Å². The third kappa shape index (κ3) is 2.93. The second-order valence-corrected chi connectivity index (χ2v) is 8.08. The van der Waals surface area contributed by atoms with Crippen LogP contribution in [0.2, 0.25) is 0 Å². The molecule has 0 saturated heterocycles. The van der Waals surface area contributed by atoms with E-state index in [9.17, 15) is 4.79 Å². The highest BCUT2D eigenvalue weighted by Crippen LogP contribution is 2.30. The molecule has 4 heteroatoms. The van der Waals surface area contributed by atoms with Crippen molar-refractivity contribution in [3.05, 3.63) is 79.7 Å². The van der Waals surface area contributed by atoms with E-state index in [1.807, 2.05) is 11.6 Å². The van der Waals surface area contributed by atoms with E-state index in [2.05, 4.69) is 65.0 Å². The molecule has 0 fully saturated rings. The zero-order valence-electron chi connectivity index (χ0n) is 17.6. The van der Waals surface area contributed by atoms with Crippen molar-refractivity contribution >= 4 is 5.69 Å². The van der Waals surface area contributed by atoms with Crippen LogP contribution in [0.15, 0.2) is 40.1 Å². The number of hydrogen-bond acceptors (Lipinski definition) is 2. The predicted octanol–water partition coefficient (Wildman–Crippen LogP) is 4.18. The summed E-state index contributed by atoms with van der Waals surface area (Å²) < 4.78 is 3.54. The first-order chi connectivity index (χ1) is 13.3. The van der Waals surface area contributed by atoms with E-state index in [4.69, 9.17) is 4.99 Å². The summed E-state index contributed by atoms with van der Waals surface area (Å²) in [6.07, 6.45) is 0.885. The molecule has 2 aromatic carbocycles. The molecule has 0 N–H and O–H groups in total. The maximum atomic E-state index is 13.1. The first kappa shape index (κ1) is 18.5. The summed E-state index contributed by atoms with van der Waals surface area (Å²) in [5, 5.41) is 0. The number of hydrogen-bond donors (Lipinski definition) is 0. The molecule has 4 nitrogen and oxygen atoms in total. The lowest BCUT2D eigenvalue weighted by Gasteiger charge is -2.23. The first-order valence-electron chi connectivity index (χ1n) is 9.80. The molecular weight excluding hydrogens is 346 g/mol. The minimum Gasteiger partial charge on any atom is -0.293 e. The van der Waals surface area contributed by atoms with Crippen LogP contribution in [0.1, 0.15) is 33.4 Å². The van der Waals surface area contributed by atoms with E-state index in [0.717, 1.165) is 34.5 Å². The lowest BCUT2D eigenvalue weighted by Crippen LogP contribution is -2.40. The lowest BCUT2D eigenvalue weighted by atomic mass is 9.93. The molecule has 1 aromatic heterocycles. The van der Waals surface area contributed by atoms with Gasteiger partial charge in [-0.1, -0.05) is 23.8 Å². The molecule has 0 bridgehead atoms.